The Morgan fingerprint density at radius 3 is 2.62 bits per heavy atom. The highest BCUT2D eigenvalue weighted by atomic mass is 32.2. The summed E-state index contributed by atoms with van der Waals surface area (Å²) in [6, 6.07) is 0. The van der Waals surface area contributed by atoms with Crippen LogP contribution in [0.3, 0.4) is 0 Å². The molecule has 3 N–H and O–H groups in total. The summed E-state index contributed by atoms with van der Waals surface area (Å²) in [5, 5.41) is 7.28. The highest BCUT2D eigenvalue weighted by Gasteiger charge is 2.09. The number of nitrogens with one attached hydrogen (secondary N) is 1. The van der Waals surface area contributed by atoms with Crippen molar-refractivity contribution in [1.29, 1.82) is 5.41 Å². The molecule has 76 valence electrons. The van der Waals surface area contributed by atoms with Crippen molar-refractivity contribution in [1.82, 2.24) is 4.90 Å². The topological polar surface area (TPSA) is 53.1 Å². The average Bonchev–Trinajstić information content (AvgIpc) is 2.55. The molecule has 0 aliphatic carbocycles. The molecule has 0 aromatic carbocycles. The average molecular weight is 201 g/mol. The van der Waals surface area contributed by atoms with E-state index < -0.39 is 0 Å². The van der Waals surface area contributed by atoms with Crippen LogP contribution in [-0.4, -0.2) is 35.5 Å². The van der Waals surface area contributed by atoms with Gasteiger partial charge in [0.25, 0.3) is 0 Å². The molecule has 0 aromatic heterocycles. The highest BCUT2D eigenvalue weighted by Crippen LogP contribution is 2.09. The summed E-state index contributed by atoms with van der Waals surface area (Å²) in [5.41, 5.74) is 5.23. The van der Waals surface area contributed by atoms with Gasteiger partial charge < -0.3 is 10.6 Å². The largest absolute Gasteiger partial charge is 0.379 e. The van der Waals surface area contributed by atoms with Crippen LogP contribution in [-0.2, 0) is 0 Å². The fraction of sp³-hybridized carbons (Fsp3) is 0.889. The van der Waals surface area contributed by atoms with E-state index in [9.17, 15) is 0 Å². The minimum atomic E-state index is 0.251. The molecule has 1 rings (SSSR count). The summed E-state index contributed by atoms with van der Waals surface area (Å²) >= 11 is 1.46. The normalized spacial score (nSPS) is 17.8. The molecule has 0 radical (unpaired) electrons. The molecule has 0 atom stereocenters. The Hall–Kier alpha value is -0.220. The second-order valence-electron chi connectivity index (χ2n) is 3.47. The van der Waals surface area contributed by atoms with Crippen molar-refractivity contribution in [3.05, 3.63) is 0 Å². The van der Waals surface area contributed by atoms with Crippen molar-refractivity contribution in [2.75, 3.05) is 25.4 Å². The van der Waals surface area contributed by atoms with Crippen molar-refractivity contribution in [3.8, 4) is 0 Å². The van der Waals surface area contributed by atoms with Crippen LogP contribution in [0.2, 0.25) is 0 Å². The van der Waals surface area contributed by atoms with Crippen molar-refractivity contribution in [2.45, 2.75) is 25.7 Å². The van der Waals surface area contributed by atoms with Crippen LogP contribution in [0.5, 0.6) is 0 Å². The molecule has 0 spiro atoms. The Balaban J connectivity index is 1.86. The van der Waals surface area contributed by atoms with Crippen molar-refractivity contribution < 1.29 is 0 Å². The number of nitrogens with zero attached hydrogens (tertiary/aromatic N) is 1. The van der Waals surface area contributed by atoms with Gasteiger partial charge in [-0.1, -0.05) is 11.8 Å². The number of amidine groups is 1. The fourth-order valence-corrected chi connectivity index (χ4v) is 2.19. The molecule has 13 heavy (non-hydrogen) atoms. The lowest BCUT2D eigenvalue weighted by atomic mass is 10.3. The summed E-state index contributed by atoms with van der Waals surface area (Å²) in [4.78, 5) is 2.53. The molecule has 0 saturated carbocycles. The molecule has 0 amide bonds. The Kier molecular flexibility index (Phi) is 5.23. The van der Waals surface area contributed by atoms with E-state index in [0.717, 1.165) is 5.75 Å². The van der Waals surface area contributed by atoms with Gasteiger partial charge in [0, 0.05) is 5.75 Å². The first-order valence-electron chi connectivity index (χ1n) is 4.98. The molecule has 1 fully saturated rings. The molecule has 1 aliphatic heterocycles. The zero-order valence-corrected chi connectivity index (χ0v) is 8.91. The van der Waals surface area contributed by atoms with Gasteiger partial charge in [0.05, 0.1) is 0 Å². The van der Waals surface area contributed by atoms with E-state index in [1.54, 1.807) is 0 Å². The maximum absolute atomic E-state index is 7.03. The van der Waals surface area contributed by atoms with Crippen LogP contribution in [0.4, 0.5) is 0 Å². The second kappa shape index (κ2) is 6.27. The molecule has 1 heterocycles. The first-order chi connectivity index (χ1) is 6.29. The third kappa shape index (κ3) is 5.16. The number of nitrogens with two attached hydrogens (primary N) is 1. The summed E-state index contributed by atoms with van der Waals surface area (Å²) in [6.07, 6.45) is 5.19. The number of unbranched alkanes of at least 4 members (excludes halogenated alkanes) is 1. The van der Waals surface area contributed by atoms with Crippen molar-refractivity contribution in [3.63, 3.8) is 0 Å². The van der Waals surface area contributed by atoms with Gasteiger partial charge in [-0.25, -0.2) is 0 Å². The van der Waals surface area contributed by atoms with Crippen molar-refractivity contribution in [2.24, 2.45) is 5.73 Å². The van der Waals surface area contributed by atoms with E-state index in [2.05, 4.69) is 4.90 Å². The molecule has 1 saturated heterocycles. The predicted octanol–water partition coefficient (Wildman–Crippen LogP) is 1.49. The fourth-order valence-electron chi connectivity index (χ4n) is 1.63. The van der Waals surface area contributed by atoms with E-state index in [4.69, 9.17) is 11.1 Å². The van der Waals surface area contributed by atoms with Crippen LogP contribution in [0.25, 0.3) is 0 Å². The lowest BCUT2D eigenvalue weighted by Gasteiger charge is -2.13. The summed E-state index contributed by atoms with van der Waals surface area (Å²) < 4.78 is 0. The molecule has 3 nitrogen and oxygen atoms in total. The third-order valence-electron chi connectivity index (χ3n) is 2.32. The highest BCUT2D eigenvalue weighted by molar-refractivity contribution is 8.13. The van der Waals surface area contributed by atoms with E-state index in [0.29, 0.717) is 0 Å². The molecule has 1 aliphatic rings. The zero-order chi connectivity index (χ0) is 9.52. The number of thioether (sulfide) groups is 1. The zero-order valence-electron chi connectivity index (χ0n) is 8.09. The first kappa shape index (κ1) is 10.9. The van der Waals surface area contributed by atoms with Gasteiger partial charge >= 0.3 is 0 Å². The van der Waals surface area contributed by atoms with E-state index in [-0.39, 0.29) is 5.17 Å². The van der Waals surface area contributed by atoms with Gasteiger partial charge in [-0.05, 0) is 45.3 Å². The van der Waals surface area contributed by atoms with Crippen LogP contribution in [0.1, 0.15) is 25.7 Å². The van der Waals surface area contributed by atoms with Gasteiger partial charge in [0.2, 0.25) is 0 Å². The summed E-state index contributed by atoms with van der Waals surface area (Å²) in [6.45, 7) is 3.82. The number of likely N-dealkylation sites (tertiary alicyclic amines) is 1. The molecule has 0 bridgehead atoms. The molecule has 0 unspecified atom stereocenters. The standard InChI is InChI=1S/C9H19N3S/c10-9(11)13-8-4-3-7-12-5-1-2-6-12/h1-8H2,(H3,10,11). The molecule has 0 aromatic rings. The van der Waals surface area contributed by atoms with Crippen LogP contribution < -0.4 is 5.73 Å². The van der Waals surface area contributed by atoms with Crippen LogP contribution in [0.15, 0.2) is 0 Å². The lowest BCUT2D eigenvalue weighted by Crippen LogP contribution is -2.20. The Labute approximate surface area is 84.6 Å². The summed E-state index contributed by atoms with van der Waals surface area (Å²) in [5.74, 6) is 1.00. The van der Waals surface area contributed by atoms with Gasteiger partial charge in [-0.2, -0.15) is 0 Å². The molecule has 4 heteroatoms. The first-order valence-corrected chi connectivity index (χ1v) is 5.97. The Bertz CT molecular complexity index is 155. The maximum Gasteiger partial charge on any atom is 0.151 e. The van der Waals surface area contributed by atoms with E-state index >= 15 is 0 Å². The van der Waals surface area contributed by atoms with Gasteiger partial charge in [-0.15, -0.1) is 0 Å². The monoisotopic (exact) mass is 201 g/mol. The van der Waals surface area contributed by atoms with Gasteiger partial charge in [0.15, 0.2) is 5.17 Å². The van der Waals surface area contributed by atoms with E-state index in [1.807, 2.05) is 0 Å². The lowest BCUT2D eigenvalue weighted by molar-refractivity contribution is 0.333. The minimum absolute atomic E-state index is 0.251. The molecular formula is C9H19N3S. The number of hydrogen-bond donors (Lipinski definition) is 2. The maximum atomic E-state index is 7.03. The Morgan fingerprint density at radius 1 is 1.31 bits per heavy atom. The van der Waals surface area contributed by atoms with Crippen LogP contribution >= 0.6 is 11.8 Å². The molecular weight excluding hydrogens is 182 g/mol. The second-order valence-corrected chi connectivity index (χ2v) is 4.61. The van der Waals surface area contributed by atoms with Gasteiger partial charge in [-0.3, -0.25) is 5.41 Å². The van der Waals surface area contributed by atoms with Gasteiger partial charge in [0.1, 0.15) is 0 Å². The SMILES string of the molecule is N=C(N)SCCCCN1CCCC1. The van der Waals surface area contributed by atoms with Crippen LogP contribution in [0, 0.1) is 5.41 Å². The number of rotatable bonds is 5. The quantitative estimate of drug-likeness (QED) is 0.402. The van der Waals surface area contributed by atoms with E-state index in [1.165, 1.54) is 57.1 Å². The number of hydrogen-bond acceptors (Lipinski definition) is 3. The van der Waals surface area contributed by atoms with Crippen molar-refractivity contribution >= 4 is 16.9 Å². The Morgan fingerprint density at radius 2 is 2.00 bits per heavy atom. The third-order valence-corrected chi connectivity index (χ3v) is 3.13. The smallest absolute Gasteiger partial charge is 0.151 e. The predicted molar refractivity (Wildman–Crippen MR) is 59.3 cm³/mol. The minimum Gasteiger partial charge on any atom is -0.379 e. The summed E-state index contributed by atoms with van der Waals surface area (Å²) in [7, 11) is 0.